The summed E-state index contributed by atoms with van der Waals surface area (Å²) in [6, 6.07) is 8.79. The van der Waals surface area contributed by atoms with Crippen molar-refractivity contribution in [3.63, 3.8) is 0 Å². The average Bonchev–Trinajstić information content (AvgIpc) is 2.58. The summed E-state index contributed by atoms with van der Waals surface area (Å²) in [4.78, 5) is 15.4. The van der Waals surface area contributed by atoms with E-state index in [-0.39, 0.29) is 12.2 Å². The second-order valence-electron chi connectivity index (χ2n) is 6.46. The van der Waals surface area contributed by atoms with Crippen LogP contribution in [0.25, 0.3) is 11.1 Å². The van der Waals surface area contributed by atoms with Crippen LogP contribution in [-0.2, 0) is 4.79 Å². The molecule has 0 saturated heterocycles. The number of carbonyl (C=O) groups is 1. The number of rotatable bonds is 9. The van der Waals surface area contributed by atoms with Gasteiger partial charge in [0.15, 0.2) is 0 Å². The van der Waals surface area contributed by atoms with Gasteiger partial charge in [0.1, 0.15) is 5.82 Å². The van der Waals surface area contributed by atoms with E-state index in [4.69, 9.17) is 9.84 Å². The average molecular weight is 375 g/mol. The van der Waals surface area contributed by atoms with Crippen molar-refractivity contribution in [2.45, 2.75) is 37.0 Å². The monoisotopic (exact) mass is 375 g/mol. The van der Waals surface area contributed by atoms with Crippen LogP contribution in [0.5, 0.6) is 5.88 Å². The van der Waals surface area contributed by atoms with Gasteiger partial charge in [-0.15, -0.1) is 11.8 Å². The molecule has 1 aliphatic carbocycles. The number of hydrogen-bond donors (Lipinski definition) is 1. The first-order valence-electron chi connectivity index (χ1n) is 8.86. The molecular weight excluding hydrogens is 353 g/mol. The van der Waals surface area contributed by atoms with Gasteiger partial charge in [0.05, 0.1) is 6.61 Å². The summed E-state index contributed by atoms with van der Waals surface area (Å²) in [5.41, 5.74) is 1.52. The minimum Gasteiger partial charge on any atom is -0.481 e. The number of aliphatic carboxylic acids is 1. The molecule has 0 radical (unpaired) electrons. The second-order valence-corrected chi connectivity index (χ2v) is 7.59. The zero-order chi connectivity index (χ0) is 18.4. The predicted molar refractivity (Wildman–Crippen MR) is 100 cm³/mol. The fourth-order valence-electron chi connectivity index (χ4n) is 2.77. The summed E-state index contributed by atoms with van der Waals surface area (Å²) in [7, 11) is 0. The Labute approximate surface area is 156 Å². The molecule has 1 N–H and O–H groups in total. The van der Waals surface area contributed by atoms with Gasteiger partial charge in [-0.25, -0.2) is 9.37 Å². The van der Waals surface area contributed by atoms with E-state index in [1.807, 2.05) is 18.2 Å². The summed E-state index contributed by atoms with van der Waals surface area (Å²) >= 11 is 1.34. The molecule has 0 spiro atoms. The number of pyridine rings is 1. The van der Waals surface area contributed by atoms with Crippen LogP contribution in [0, 0.1) is 11.7 Å². The van der Waals surface area contributed by atoms with E-state index >= 15 is 0 Å². The first-order valence-corrected chi connectivity index (χ1v) is 9.84. The number of nitrogens with zero attached hydrogens (tertiary/aromatic N) is 1. The minimum absolute atomic E-state index is 0.101. The summed E-state index contributed by atoms with van der Waals surface area (Å²) in [5.74, 6) is 0.585. The number of thioether (sulfide) groups is 1. The van der Waals surface area contributed by atoms with Crippen LogP contribution in [0.1, 0.15) is 32.1 Å². The molecule has 6 heteroatoms. The lowest BCUT2D eigenvalue weighted by Gasteiger charge is -2.25. The fourth-order valence-corrected chi connectivity index (χ4v) is 3.64. The van der Waals surface area contributed by atoms with Gasteiger partial charge < -0.3 is 9.84 Å². The lowest BCUT2D eigenvalue weighted by atomic mass is 9.86. The molecule has 138 valence electrons. The Balaban J connectivity index is 1.67. The van der Waals surface area contributed by atoms with Crippen molar-refractivity contribution in [1.29, 1.82) is 0 Å². The molecule has 2 aromatic rings. The van der Waals surface area contributed by atoms with Crippen LogP contribution in [0.15, 0.2) is 41.4 Å². The molecule has 1 aromatic carbocycles. The molecule has 4 nitrogen and oxygen atoms in total. The molecule has 3 rings (SSSR count). The zero-order valence-electron chi connectivity index (χ0n) is 14.5. The van der Waals surface area contributed by atoms with E-state index in [1.165, 1.54) is 37.1 Å². The number of aromatic nitrogens is 1. The van der Waals surface area contributed by atoms with E-state index in [0.29, 0.717) is 35.5 Å². The van der Waals surface area contributed by atoms with Crippen molar-refractivity contribution in [2.75, 3.05) is 12.4 Å². The van der Waals surface area contributed by atoms with Crippen LogP contribution < -0.4 is 4.74 Å². The van der Waals surface area contributed by atoms with Crippen molar-refractivity contribution >= 4 is 17.7 Å². The van der Waals surface area contributed by atoms with Gasteiger partial charge in [0.25, 0.3) is 0 Å². The van der Waals surface area contributed by atoms with Crippen molar-refractivity contribution in [3.8, 4) is 17.0 Å². The second kappa shape index (κ2) is 9.03. The standard InChI is InChI=1S/C20H22FNO3S/c21-17-12-15(8-9-18(17)26-11-3-7-19(23)24)16-6-2-10-22-20(16)25-13-14-4-1-5-14/h2,6,8-10,12,14H,1,3-5,7,11,13H2,(H,23,24). The molecular formula is C20H22FNO3S. The summed E-state index contributed by atoms with van der Waals surface area (Å²) < 4.78 is 20.3. The van der Waals surface area contributed by atoms with Crippen LogP contribution in [0.2, 0.25) is 0 Å². The predicted octanol–water partition coefficient (Wildman–Crippen LogP) is 5.02. The molecule has 1 saturated carbocycles. The smallest absolute Gasteiger partial charge is 0.303 e. The third-order valence-corrected chi connectivity index (χ3v) is 5.62. The Morgan fingerprint density at radius 1 is 1.35 bits per heavy atom. The number of carboxylic acid groups (broad SMARTS) is 1. The quantitative estimate of drug-likeness (QED) is 0.492. The van der Waals surface area contributed by atoms with Gasteiger partial charge in [-0.2, -0.15) is 0 Å². The van der Waals surface area contributed by atoms with E-state index in [9.17, 15) is 9.18 Å². The first-order chi connectivity index (χ1) is 12.6. The number of benzene rings is 1. The Kier molecular flexibility index (Phi) is 6.50. The zero-order valence-corrected chi connectivity index (χ0v) is 15.3. The molecule has 0 aliphatic heterocycles. The van der Waals surface area contributed by atoms with Crippen LogP contribution in [-0.4, -0.2) is 28.4 Å². The Morgan fingerprint density at radius 2 is 2.19 bits per heavy atom. The van der Waals surface area contributed by atoms with E-state index < -0.39 is 5.97 Å². The number of ether oxygens (including phenoxy) is 1. The largest absolute Gasteiger partial charge is 0.481 e. The molecule has 1 heterocycles. The molecule has 1 aliphatic rings. The lowest BCUT2D eigenvalue weighted by Crippen LogP contribution is -2.19. The SMILES string of the molecule is O=C(O)CCCSc1ccc(-c2cccnc2OCC2CCC2)cc1F. The topological polar surface area (TPSA) is 59.4 Å². The van der Waals surface area contributed by atoms with Crippen LogP contribution in [0.4, 0.5) is 4.39 Å². The highest BCUT2D eigenvalue weighted by Crippen LogP contribution is 2.33. The highest BCUT2D eigenvalue weighted by Gasteiger charge is 2.19. The highest BCUT2D eigenvalue weighted by molar-refractivity contribution is 7.99. The third kappa shape index (κ3) is 4.97. The summed E-state index contributed by atoms with van der Waals surface area (Å²) in [6.45, 7) is 0.657. The maximum atomic E-state index is 14.4. The maximum absolute atomic E-state index is 14.4. The van der Waals surface area contributed by atoms with Gasteiger partial charge in [-0.05, 0) is 60.8 Å². The minimum atomic E-state index is -0.826. The normalized spacial score (nSPS) is 14.0. The Hall–Kier alpha value is -2.08. The molecule has 0 bridgehead atoms. The van der Waals surface area contributed by atoms with Crippen molar-refractivity contribution in [2.24, 2.45) is 5.92 Å². The number of carboxylic acids is 1. The van der Waals surface area contributed by atoms with Gasteiger partial charge in [0, 0.05) is 23.1 Å². The highest BCUT2D eigenvalue weighted by atomic mass is 32.2. The van der Waals surface area contributed by atoms with Gasteiger partial charge >= 0.3 is 5.97 Å². The molecule has 0 amide bonds. The summed E-state index contributed by atoms with van der Waals surface area (Å²) in [5, 5.41) is 8.65. The maximum Gasteiger partial charge on any atom is 0.303 e. The van der Waals surface area contributed by atoms with Crippen LogP contribution >= 0.6 is 11.8 Å². The van der Waals surface area contributed by atoms with Crippen molar-refractivity contribution < 1.29 is 19.0 Å². The Morgan fingerprint density at radius 3 is 2.88 bits per heavy atom. The van der Waals surface area contributed by atoms with Crippen LogP contribution in [0.3, 0.4) is 0 Å². The van der Waals surface area contributed by atoms with E-state index in [1.54, 1.807) is 12.3 Å². The molecule has 0 unspecified atom stereocenters. The van der Waals surface area contributed by atoms with Gasteiger partial charge in [0.2, 0.25) is 5.88 Å². The Bertz CT molecular complexity index is 764. The summed E-state index contributed by atoms with van der Waals surface area (Å²) in [6.07, 6.45) is 5.96. The van der Waals surface area contributed by atoms with Gasteiger partial charge in [-0.3, -0.25) is 4.79 Å². The fraction of sp³-hybridized carbons (Fsp3) is 0.400. The first kappa shape index (κ1) is 18.7. The third-order valence-electron chi connectivity index (χ3n) is 4.49. The molecule has 26 heavy (non-hydrogen) atoms. The molecule has 0 atom stereocenters. The number of halogens is 1. The van der Waals surface area contributed by atoms with E-state index in [0.717, 1.165) is 11.1 Å². The number of hydrogen-bond acceptors (Lipinski definition) is 4. The molecule has 1 aromatic heterocycles. The van der Waals surface area contributed by atoms with Crippen molar-refractivity contribution in [1.82, 2.24) is 4.98 Å². The lowest BCUT2D eigenvalue weighted by molar-refractivity contribution is -0.137. The van der Waals surface area contributed by atoms with E-state index in [2.05, 4.69) is 4.98 Å². The van der Waals surface area contributed by atoms with Gasteiger partial charge in [-0.1, -0.05) is 12.5 Å². The molecule has 1 fully saturated rings. The van der Waals surface area contributed by atoms with Crippen molar-refractivity contribution in [3.05, 3.63) is 42.3 Å².